The standard InChI is InChI=1S/C25H19F5N2O2/c1-24(18-10-6-3-7-11-18)22(16-8-4-2-5-9-16)32(34-23(33)25(28,29)30)21(31-24)14-17-12-13-19(26)15-20(17)27/h2-13,15,22H,14H2,1H3. The molecule has 0 radical (unpaired) electrons. The molecule has 34 heavy (non-hydrogen) atoms. The van der Waals surface area contributed by atoms with E-state index in [1.165, 1.54) is 6.07 Å². The van der Waals surface area contributed by atoms with Crippen LogP contribution in [0.3, 0.4) is 0 Å². The summed E-state index contributed by atoms with van der Waals surface area (Å²) in [6.45, 7) is 1.70. The third kappa shape index (κ3) is 4.50. The molecule has 2 atom stereocenters. The Kier molecular flexibility index (Phi) is 6.12. The van der Waals surface area contributed by atoms with Gasteiger partial charge < -0.3 is 4.84 Å². The summed E-state index contributed by atoms with van der Waals surface area (Å²) in [6, 6.07) is 19.2. The minimum absolute atomic E-state index is 0.0164. The Bertz CT molecular complexity index is 1210. The molecular formula is C25H19F5N2O2. The fourth-order valence-corrected chi connectivity index (χ4v) is 4.05. The van der Waals surface area contributed by atoms with E-state index >= 15 is 0 Å². The number of carbonyl (C=O) groups is 1. The predicted octanol–water partition coefficient (Wildman–Crippen LogP) is 5.90. The average molecular weight is 474 g/mol. The Morgan fingerprint density at radius 2 is 1.62 bits per heavy atom. The summed E-state index contributed by atoms with van der Waals surface area (Å²) < 4.78 is 67.3. The molecule has 0 amide bonds. The smallest absolute Gasteiger partial charge is 0.330 e. The van der Waals surface area contributed by atoms with Gasteiger partial charge in [-0.05, 0) is 29.7 Å². The molecule has 9 heteroatoms. The second kappa shape index (κ2) is 8.89. The van der Waals surface area contributed by atoms with E-state index in [9.17, 15) is 26.7 Å². The number of nitrogens with zero attached hydrogens (tertiary/aromatic N) is 2. The van der Waals surface area contributed by atoms with Crippen LogP contribution in [0, 0.1) is 11.6 Å². The van der Waals surface area contributed by atoms with Crippen LogP contribution in [0.4, 0.5) is 22.0 Å². The Labute approximate surface area is 192 Å². The number of rotatable bonds is 5. The van der Waals surface area contributed by atoms with Gasteiger partial charge in [-0.25, -0.2) is 13.6 Å². The van der Waals surface area contributed by atoms with Crippen molar-refractivity contribution in [1.29, 1.82) is 0 Å². The van der Waals surface area contributed by atoms with Crippen molar-refractivity contribution in [2.24, 2.45) is 4.99 Å². The Morgan fingerprint density at radius 3 is 2.21 bits per heavy atom. The molecule has 0 aromatic heterocycles. The number of carbonyl (C=O) groups excluding carboxylic acids is 1. The number of benzene rings is 3. The highest BCUT2D eigenvalue weighted by Crippen LogP contribution is 2.48. The SMILES string of the molecule is CC1(c2ccccc2)N=C(Cc2ccc(F)cc2F)N(OC(=O)C(F)(F)F)C1c1ccccc1. The van der Waals surface area contributed by atoms with Crippen LogP contribution >= 0.6 is 0 Å². The highest BCUT2D eigenvalue weighted by molar-refractivity contribution is 5.88. The lowest BCUT2D eigenvalue weighted by molar-refractivity contribution is -0.231. The number of halogens is 5. The molecular weight excluding hydrogens is 455 g/mol. The van der Waals surface area contributed by atoms with Crippen LogP contribution in [-0.4, -0.2) is 23.0 Å². The maximum atomic E-state index is 14.4. The first-order chi connectivity index (χ1) is 16.1. The van der Waals surface area contributed by atoms with Gasteiger partial charge in [0.15, 0.2) is 0 Å². The van der Waals surface area contributed by atoms with E-state index in [4.69, 9.17) is 4.84 Å². The molecule has 0 saturated heterocycles. The quantitative estimate of drug-likeness (QED) is 0.433. The number of alkyl halides is 3. The topological polar surface area (TPSA) is 41.9 Å². The van der Waals surface area contributed by atoms with Crippen LogP contribution in [-0.2, 0) is 21.6 Å². The van der Waals surface area contributed by atoms with E-state index < -0.39 is 35.4 Å². The van der Waals surface area contributed by atoms with Crippen molar-refractivity contribution >= 4 is 11.8 Å². The molecule has 0 aliphatic carbocycles. The van der Waals surface area contributed by atoms with Crippen LogP contribution in [0.2, 0.25) is 0 Å². The molecule has 3 aromatic rings. The lowest BCUT2D eigenvalue weighted by Crippen LogP contribution is -2.42. The second-order valence-corrected chi connectivity index (χ2v) is 7.97. The minimum Gasteiger partial charge on any atom is -0.330 e. The molecule has 3 aromatic carbocycles. The second-order valence-electron chi connectivity index (χ2n) is 7.97. The summed E-state index contributed by atoms with van der Waals surface area (Å²) in [6.07, 6.45) is -5.60. The number of hydrogen-bond donors (Lipinski definition) is 0. The van der Waals surface area contributed by atoms with Gasteiger partial charge >= 0.3 is 12.1 Å². The molecule has 0 bridgehead atoms. The van der Waals surface area contributed by atoms with Gasteiger partial charge in [-0.2, -0.15) is 18.2 Å². The molecule has 1 aliphatic heterocycles. The van der Waals surface area contributed by atoms with Crippen molar-refractivity contribution in [3.05, 3.63) is 107 Å². The Hall–Kier alpha value is -3.75. The highest BCUT2D eigenvalue weighted by atomic mass is 19.4. The number of amidine groups is 1. The van der Waals surface area contributed by atoms with E-state index in [2.05, 4.69) is 4.99 Å². The molecule has 176 valence electrons. The van der Waals surface area contributed by atoms with E-state index in [1.54, 1.807) is 67.6 Å². The summed E-state index contributed by atoms with van der Waals surface area (Å²) in [4.78, 5) is 21.4. The highest BCUT2D eigenvalue weighted by Gasteiger charge is 2.52. The molecule has 0 N–H and O–H groups in total. The molecule has 2 unspecified atom stereocenters. The maximum Gasteiger partial charge on any atom is 0.493 e. The van der Waals surface area contributed by atoms with Crippen molar-refractivity contribution in [2.75, 3.05) is 0 Å². The zero-order valence-corrected chi connectivity index (χ0v) is 17.9. The molecule has 1 aliphatic rings. The van der Waals surface area contributed by atoms with Crippen molar-refractivity contribution in [2.45, 2.75) is 31.1 Å². The average Bonchev–Trinajstić information content (AvgIpc) is 3.08. The van der Waals surface area contributed by atoms with Crippen LogP contribution in [0.1, 0.15) is 29.7 Å². The largest absolute Gasteiger partial charge is 0.493 e. The molecule has 0 fully saturated rings. The van der Waals surface area contributed by atoms with Crippen molar-refractivity contribution < 1.29 is 31.6 Å². The zero-order chi connectivity index (χ0) is 24.5. The molecule has 0 saturated carbocycles. The summed E-state index contributed by atoms with van der Waals surface area (Å²) in [5, 5.41) is 0.793. The maximum absolute atomic E-state index is 14.4. The van der Waals surface area contributed by atoms with Gasteiger partial charge in [0.2, 0.25) is 0 Å². The van der Waals surface area contributed by atoms with Gasteiger partial charge in [-0.3, -0.25) is 4.99 Å². The minimum atomic E-state index is -5.26. The van der Waals surface area contributed by atoms with Crippen LogP contribution in [0.15, 0.2) is 83.9 Å². The van der Waals surface area contributed by atoms with Gasteiger partial charge in [0.1, 0.15) is 29.1 Å². The van der Waals surface area contributed by atoms with Crippen molar-refractivity contribution in [3.8, 4) is 0 Å². The third-order valence-corrected chi connectivity index (χ3v) is 5.63. The fourth-order valence-electron chi connectivity index (χ4n) is 4.05. The van der Waals surface area contributed by atoms with Gasteiger partial charge in [0.25, 0.3) is 0 Å². The lowest BCUT2D eigenvalue weighted by Gasteiger charge is -2.34. The van der Waals surface area contributed by atoms with E-state index in [-0.39, 0.29) is 17.8 Å². The van der Waals surface area contributed by atoms with Crippen LogP contribution in [0.25, 0.3) is 0 Å². The summed E-state index contributed by atoms with van der Waals surface area (Å²) in [5.74, 6) is -4.23. The molecule has 4 rings (SSSR count). The van der Waals surface area contributed by atoms with E-state index in [0.29, 0.717) is 17.2 Å². The van der Waals surface area contributed by atoms with Crippen LogP contribution < -0.4 is 0 Å². The summed E-state index contributed by atoms with van der Waals surface area (Å²) >= 11 is 0. The van der Waals surface area contributed by atoms with Gasteiger partial charge in [0, 0.05) is 12.5 Å². The van der Waals surface area contributed by atoms with Crippen LogP contribution in [0.5, 0.6) is 0 Å². The van der Waals surface area contributed by atoms with E-state index in [1.807, 2.05) is 0 Å². The zero-order valence-electron chi connectivity index (χ0n) is 17.9. The molecule has 4 nitrogen and oxygen atoms in total. The third-order valence-electron chi connectivity index (χ3n) is 5.63. The number of aliphatic imine (C=N–C) groups is 1. The fraction of sp³-hybridized carbons (Fsp3) is 0.200. The normalized spacial score (nSPS) is 20.2. The summed E-state index contributed by atoms with van der Waals surface area (Å²) in [7, 11) is 0. The first-order valence-electron chi connectivity index (χ1n) is 10.3. The van der Waals surface area contributed by atoms with Crippen molar-refractivity contribution in [1.82, 2.24) is 5.06 Å². The summed E-state index contributed by atoms with van der Waals surface area (Å²) in [5.41, 5.74) is -0.0358. The van der Waals surface area contributed by atoms with Gasteiger partial charge in [-0.1, -0.05) is 66.7 Å². The first kappa shape index (κ1) is 23.4. The van der Waals surface area contributed by atoms with Crippen molar-refractivity contribution in [3.63, 3.8) is 0 Å². The first-order valence-corrected chi connectivity index (χ1v) is 10.3. The Morgan fingerprint density at radius 1 is 1.00 bits per heavy atom. The van der Waals surface area contributed by atoms with Gasteiger partial charge in [0.05, 0.1) is 0 Å². The predicted molar refractivity (Wildman–Crippen MR) is 114 cm³/mol. The molecule has 1 heterocycles. The number of hydrogen-bond acceptors (Lipinski definition) is 4. The monoisotopic (exact) mass is 474 g/mol. The molecule has 0 spiro atoms. The van der Waals surface area contributed by atoms with Gasteiger partial charge in [-0.15, -0.1) is 0 Å². The number of hydroxylamine groups is 2. The van der Waals surface area contributed by atoms with E-state index in [0.717, 1.165) is 11.1 Å². The lowest BCUT2D eigenvalue weighted by atomic mass is 9.82. The Balaban J connectivity index is 1.86.